The Morgan fingerprint density at radius 2 is 2.04 bits per heavy atom. The monoisotopic (exact) mass is 346 g/mol. The fraction of sp³-hybridized carbons (Fsp3) is 0.550. The van der Waals surface area contributed by atoms with Gasteiger partial charge in [-0.1, -0.05) is 24.6 Å². The Morgan fingerprint density at radius 3 is 2.76 bits per heavy atom. The lowest BCUT2D eigenvalue weighted by atomic mass is 10.1. The molecule has 1 aliphatic rings. The van der Waals surface area contributed by atoms with Gasteiger partial charge in [-0.2, -0.15) is 0 Å². The number of hydrogen-bond acceptors (Lipinski definition) is 4. The van der Waals surface area contributed by atoms with Gasteiger partial charge < -0.3 is 19.7 Å². The van der Waals surface area contributed by atoms with E-state index in [0.717, 1.165) is 18.5 Å². The van der Waals surface area contributed by atoms with Crippen molar-refractivity contribution in [2.24, 2.45) is 0 Å². The van der Waals surface area contributed by atoms with E-state index in [-0.39, 0.29) is 12.5 Å². The molecule has 0 aliphatic carbocycles. The summed E-state index contributed by atoms with van der Waals surface area (Å²) in [6.45, 7) is 6.10. The van der Waals surface area contributed by atoms with Crippen molar-refractivity contribution in [3.63, 3.8) is 0 Å². The third kappa shape index (κ3) is 6.78. The summed E-state index contributed by atoms with van der Waals surface area (Å²) in [5, 5.41) is 2.92. The van der Waals surface area contributed by atoms with Crippen molar-refractivity contribution in [2.75, 3.05) is 39.9 Å². The van der Waals surface area contributed by atoms with Crippen LogP contribution in [0.15, 0.2) is 24.3 Å². The van der Waals surface area contributed by atoms with Crippen molar-refractivity contribution in [2.45, 2.75) is 32.6 Å². The van der Waals surface area contributed by atoms with Gasteiger partial charge >= 0.3 is 0 Å². The number of allylic oxidation sites excluding steroid dienone is 1. The largest absolute Gasteiger partial charge is 0.493 e. The normalized spacial score (nSPS) is 15.3. The molecule has 1 fully saturated rings. The summed E-state index contributed by atoms with van der Waals surface area (Å²) in [6, 6.07) is 5.66. The molecule has 0 bridgehead atoms. The van der Waals surface area contributed by atoms with Gasteiger partial charge in [-0.15, -0.1) is 0 Å². The molecule has 1 aliphatic heterocycles. The van der Waals surface area contributed by atoms with Gasteiger partial charge in [0.05, 0.1) is 7.11 Å². The zero-order valence-corrected chi connectivity index (χ0v) is 15.4. The second kappa shape index (κ2) is 10.8. The first-order chi connectivity index (χ1) is 12.2. The molecular formula is C20H30N2O3. The van der Waals surface area contributed by atoms with Crippen molar-refractivity contribution in [3.8, 4) is 11.5 Å². The lowest BCUT2D eigenvalue weighted by Crippen LogP contribution is -2.34. The SMILES string of the molecule is C/C=C/c1ccc(OCC(=O)NCCCN2CCCCC2)c(OC)c1. The molecule has 0 saturated carbocycles. The van der Waals surface area contributed by atoms with E-state index in [2.05, 4.69) is 10.2 Å². The molecule has 1 amide bonds. The molecule has 0 aromatic heterocycles. The lowest BCUT2D eigenvalue weighted by Gasteiger charge is -2.26. The van der Waals surface area contributed by atoms with Gasteiger partial charge in [0.15, 0.2) is 18.1 Å². The Morgan fingerprint density at radius 1 is 1.24 bits per heavy atom. The minimum Gasteiger partial charge on any atom is -0.493 e. The van der Waals surface area contributed by atoms with E-state index >= 15 is 0 Å². The number of ether oxygens (including phenoxy) is 2. The quantitative estimate of drug-likeness (QED) is 0.698. The molecule has 0 unspecified atom stereocenters. The zero-order valence-electron chi connectivity index (χ0n) is 15.4. The maximum atomic E-state index is 11.9. The average Bonchev–Trinajstić information content (AvgIpc) is 2.65. The second-order valence-corrected chi connectivity index (χ2v) is 6.30. The van der Waals surface area contributed by atoms with E-state index < -0.39 is 0 Å². The van der Waals surface area contributed by atoms with E-state index in [1.165, 1.54) is 32.4 Å². The Balaban J connectivity index is 1.68. The number of piperidine rings is 1. The van der Waals surface area contributed by atoms with Crippen LogP contribution in [0.3, 0.4) is 0 Å². The minimum atomic E-state index is -0.0989. The van der Waals surface area contributed by atoms with Crippen molar-refractivity contribution in [1.82, 2.24) is 10.2 Å². The molecular weight excluding hydrogens is 316 g/mol. The molecule has 1 aromatic rings. The first kappa shape index (κ1) is 19.3. The van der Waals surface area contributed by atoms with Gasteiger partial charge in [-0.3, -0.25) is 4.79 Å². The van der Waals surface area contributed by atoms with Crippen LogP contribution < -0.4 is 14.8 Å². The highest BCUT2D eigenvalue weighted by Gasteiger charge is 2.10. The number of rotatable bonds is 9. The van der Waals surface area contributed by atoms with Crippen LogP contribution in [-0.2, 0) is 4.79 Å². The van der Waals surface area contributed by atoms with Gasteiger partial charge in [0.25, 0.3) is 5.91 Å². The van der Waals surface area contributed by atoms with E-state index in [0.29, 0.717) is 18.0 Å². The summed E-state index contributed by atoms with van der Waals surface area (Å²) >= 11 is 0. The highest BCUT2D eigenvalue weighted by atomic mass is 16.5. The molecule has 0 spiro atoms. The number of amides is 1. The van der Waals surface area contributed by atoms with Gasteiger partial charge in [-0.25, -0.2) is 0 Å². The molecule has 25 heavy (non-hydrogen) atoms. The number of hydrogen-bond donors (Lipinski definition) is 1. The van der Waals surface area contributed by atoms with Crippen LogP contribution in [0.4, 0.5) is 0 Å². The zero-order chi connectivity index (χ0) is 17.9. The number of benzene rings is 1. The third-order valence-electron chi connectivity index (χ3n) is 4.33. The maximum absolute atomic E-state index is 11.9. The number of nitrogens with zero attached hydrogens (tertiary/aromatic N) is 1. The Hall–Kier alpha value is -2.01. The summed E-state index contributed by atoms with van der Waals surface area (Å²) in [5.74, 6) is 1.12. The Bertz CT molecular complexity index is 566. The molecule has 0 atom stereocenters. The van der Waals surface area contributed by atoms with Crippen molar-refractivity contribution >= 4 is 12.0 Å². The van der Waals surface area contributed by atoms with Crippen molar-refractivity contribution in [1.29, 1.82) is 0 Å². The van der Waals surface area contributed by atoms with E-state index in [4.69, 9.17) is 9.47 Å². The molecule has 0 radical (unpaired) electrons. The molecule has 5 nitrogen and oxygen atoms in total. The minimum absolute atomic E-state index is 0.00301. The van der Waals surface area contributed by atoms with Crippen LogP contribution in [0.5, 0.6) is 11.5 Å². The highest BCUT2D eigenvalue weighted by molar-refractivity contribution is 5.77. The number of carbonyl (C=O) groups excluding carboxylic acids is 1. The van der Waals surface area contributed by atoms with Crippen LogP contribution in [0.25, 0.3) is 6.08 Å². The van der Waals surface area contributed by atoms with E-state index in [1.807, 2.05) is 37.3 Å². The number of carbonyl (C=O) groups is 1. The number of nitrogens with one attached hydrogen (secondary N) is 1. The van der Waals surface area contributed by atoms with Gasteiger partial charge in [-0.05, 0) is 63.5 Å². The fourth-order valence-electron chi connectivity index (χ4n) is 3.01. The van der Waals surface area contributed by atoms with E-state index in [9.17, 15) is 4.79 Å². The molecule has 1 aromatic carbocycles. The number of likely N-dealkylation sites (tertiary alicyclic amines) is 1. The van der Waals surface area contributed by atoms with E-state index in [1.54, 1.807) is 7.11 Å². The topological polar surface area (TPSA) is 50.8 Å². The van der Waals surface area contributed by atoms with Gasteiger partial charge in [0.1, 0.15) is 0 Å². The first-order valence-corrected chi connectivity index (χ1v) is 9.15. The predicted molar refractivity (Wildman–Crippen MR) is 101 cm³/mol. The number of methoxy groups -OCH3 is 1. The predicted octanol–water partition coefficient (Wildman–Crippen LogP) is 3.10. The molecule has 138 valence electrons. The Labute approximate surface area is 151 Å². The summed E-state index contributed by atoms with van der Waals surface area (Å²) < 4.78 is 10.9. The standard InChI is InChI=1S/C20H30N2O3/c1-3-8-17-9-10-18(19(15-17)24-2)25-16-20(23)21-11-7-14-22-12-5-4-6-13-22/h3,8-10,15H,4-7,11-14,16H2,1-2H3,(H,21,23)/b8-3+. The average molecular weight is 346 g/mol. The van der Waals surface area contributed by atoms with Crippen LogP contribution in [-0.4, -0.2) is 50.7 Å². The highest BCUT2D eigenvalue weighted by Crippen LogP contribution is 2.28. The van der Waals surface area contributed by atoms with Crippen LogP contribution in [0.1, 0.15) is 38.2 Å². The molecule has 1 saturated heterocycles. The summed E-state index contributed by atoms with van der Waals surface area (Å²) in [4.78, 5) is 14.4. The summed E-state index contributed by atoms with van der Waals surface area (Å²) in [5.41, 5.74) is 1.04. The Kier molecular flexibility index (Phi) is 8.32. The van der Waals surface area contributed by atoms with Crippen molar-refractivity contribution in [3.05, 3.63) is 29.8 Å². The van der Waals surface area contributed by atoms with Crippen LogP contribution in [0.2, 0.25) is 0 Å². The first-order valence-electron chi connectivity index (χ1n) is 9.15. The molecule has 5 heteroatoms. The molecule has 1 heterocycles. The molecule has 1 N–H and O–H groups in total. The maximum Gasteiger partial charge on any atom is 0.257 e. The smallest absolute Gasteiger partial charge is 0.257 e. The van der Waals surface area contributed by atoms with Crippen molar-refractivity contribution < 1.29 is 14.3 Å². The fourth-order valence-corrected chi connectivity index (χ4v) is 3.01. The summed E-state index contributed by atoms with van der Waals surface area (Å²) in [7, 11) is 1.60. The second-order valence-electron chi connectivity index (χ2n) is 6.30. The van der Waals surface area contributed by atoms with Crippen LogP contribution in [0, 0.1) is 0 Å². The van der Waals surface area contributed by atoms with Gasteiger partial charge in [0, 0.05) is 6.54 Å². The molecule has 2 rings (SSSR count). The summed E-state index contributed by atoms with van der Waals surface area (Å²) in [6.07, 6.45) is 8.88. The van der Waals surface area contributed by atoms with Crippen LogP contribution >= 0.6 is 0 Å². The lowest BCUT2D eigenvalue weighted by molar-refractivity contribution is -0.123. The third-order valence-corrected chi connectivity index (χ3v) is 4.33. The van der Waals surface area contributed by atoms with Gasteiger partial charge in [0.2, 0.25) is 0 Å².